The monoisotopic (exact) mass is 467 g/mol. The number of thiocarbonyl (C=S) groups is 1. The van der Waals surface area contributed by atoms with Gasteiger partial charge in [-0.2, -0.15) is 0 Å². The second-order valence-corrected chi connectivity index (χ2v) is 11.4. The molecule has 5 nitrogen and oxygen atoms in total. The highest BCUT2D eigenvalue weighted by atomic mass is 32.3. The number of anilines is 1. The van der Waals surface area contributed by atoms with Crippen LogP contribution in [0.1, 0.15) is 23.2 Å². The molecular formula is C23H21N3O2S3. The molecule has 2 unspecified atom stereocenters. The third-order valence-electron chi connectivity index (χ3n) is 5.67. The van der Waals surface area contributed by atoms with E-state index in [9.17, 15) is 8.42 Å². The van der Waals surface area contributed by atoms with Crippen LogP contribution in [0.2, 0.25) is 0 Å². The minimum Gasteiger partial charge on any atom is -0.352 e. The molecule has 2 atom stereocenters. The van der Waals surface area contributed by atoms with Crippen LogP contribution < -0.4 is 14.9 Å². The number of rotatable bonds is 3. The lowest BCUT2D eigenvalue weighted by atomic mass is 9.86. The Morgan fingerprint density at radius 2 is 1.26 bits per heavy atom. The molecule has 2 fully saturated rings. The molecule has 158 valence electrons. The van der Waals surface area contributed by atoms with Gasteiger partial charge in [-0.3, -0.25) is 0 Å². The minimum atomic E-state index is -3.57. The van der Waals surface area contributed by atoms with Gasteiger partial charge in [0.2, 0.25) is 10.0 Å². The van der Waals surface area contributed by atoms with Gasteiger partial charge in [-0.15, -0.1) is 11.8 Å². The zero-order valence-electron chi connectivity index (χ0n) is 16.5. The molecule has 1 spiro atoms. The van der Waals surface area contributed by atoms with E-state index in [4.69, 9.17) is 12.2 Å². The smallest absolute Gasteiger partial charge is 0.246 e. The summed E-state index contributed by atoms with van der Waals surface area (Å²) in [5, 5.41) is 7.29. The molecule has 3 aromatic carbocycles. The minimum absolute atomic E-state index is 0.00924. The van der Waals surface area contributed by atoms with Crippen LogP contribution in [0.3, 0.4) is 0 Å². The highest BCUT2D eigenvalue weighted by Gasteiger charge is 2.62. The van der Waals surface area contributed by atoms with Crippen molar-refractivity contribution in [3.63, 3.8) is 0 Å². The quantitative estimate of drug-likeness (QED) is 0.564. The first kappa shape index (κ1) is 20.4. The lowest BCUT2D eigenvalue weighted by molar-refractivity contribution is 0.344. The van der Waals surface area contributed by atoms with Gasteiger partial charge in [0, 0.05) is 0 Å². The van der Waals surface area contributed by atoms with E-state index in [2.05, 4.69) is 10.6 Å². The molecule has 0 aliphatic carbocycles. The van der Waals surface area contributed by atoms with Gasteiger partial charge >= 0.3 is 0 Å². The van der Waals surface area contributed by atoms with Crippen molar-refractivity contribution in [2.75, 3.05) is 9.39 Å². The predicted molar refractivity (Wildman–Crippen MR) is 130 cm³/mol. The van der Waals surface area contributed by atoms with E-state index < -0.39 is 14.9 Å². The Hall–Kier alpha value is -2.55. The van der Waals surface area contributed by atoms with Gasteiger partial charge in [-0.05, 0) is 35.5 Å². The van der Waals surface area contributed by atoms with E-state index in [-0.39, 0.29) is 17.2 Å². The molecule has 0 amide bonds. The molecule has 0 aromatic heterocycles. The summed E-state index contributed by atoms with van der Waals surface area (Å²) in [7, 11) is -3.57. The van der Waals surface area contributed by atoms with Gasteiger partial charge in [0.1, 0.15) is 5.08 Å². The van der Waals surface area contributed by atoms with Crippen LogP contribution in [0.25, 0.3) is 0 Å². The summed E-state index contributed by atoms with van der Waals surface area (Å²) >= 11 is 7.03. The number of nitrogens with one attached hydrogen (secondary N) is 2. The fraction of sp³-hybridized carbons (Fsp3) is 0.174. The average molecular weight is 468 g/mol. The Bertz CT molecular complexity index is 1140. The molecule has 2 N–H and O–H groups in total. The number of benzene rings is 3. The first-order valence-electron chi connectivity index (χ1n) is 9.91. The Labute approximate surface area is 191 Å². The lowest BCUT2D eigenvalue weighted by Crippen LogP contribution is -2.66. The molecule has 2 aliphatic rings. The maximum atomic E-state index is 13.5. The third-order valence-corrected chi connectivity index (χ3v) is 9.87. The Balaban J connectivity index is 1.79. The number of para-hydroxylation sites is 1. The molecule has 2 heterocycles. The van der Waals surface area contributed by atoms with Crippen LogP contribution in [-0.2, 0) is 10.0 Å². The van der Waals surface area contributed by atoms with Crippen LogP contribution >= 0.6 is 24.0 Å². The van der Waals surface area contributed by atoms with Crippen LogP contribution in [0.4, 0.5) is 5.69 Å². The Kier molecular flexibility index (Phi) is 5.16. The normalized spacial score (nSPS) is 27.0. The molecule has 2 saturated heterocycles. The van der Waals surface area contributed by atoms with E-state index in [0.717, 1.165) is 11.1 Å². The first-order valence-corrected chi connectivity index (χ1v) is 12.9. The number of sulfonamides is 1. The predicted octanol–water partition coefficient (Wildman–Crippen LogP) is 4.18. The molecule has 0 saturated carbocycles. The molecule has 31 heavy (non-hydrogen) atoms. The summed E-state index contributed by atoms with van der Waals surface area (Å²) in [6, 6.07) is 28.5. The zero-order chi connectivity index (χ0) is 21.5. The fourth-order valence-corrected chi connectivity index (χ4v) is 8.98. The Morgan fingerprint density at radius 3 is 1.74 bits per heavy atom. The Morgan fingerprint density at radius 1 is 0.806 bits per heavy atom. The summed E-state index contributed by atoms with van der Waals surface area (Å²) in [4.78, 5) is -0.898. The molecule has 5 rings (SSSR count). The van der Waals surface area contributed by atoms with Crippen molar-refractivity contribution in [2.24, 2.45) is 0 Å². The van der Waals surface area contributed by atoms with Crippen LogP contribution in [-0.4, -0.2) is 23.5 Å². The highest BCUT2D eigenvalue weighted by molar-refractivity contribution is 8.17. The SMILES string of the molecule is O=S1(=O)CSC2(C(c3ccccc3)NC(=S)NC2c2ccccc2)N1c1ccccc1. The van der Waals surface area contributed by atoms with E-state index in [0.29, 0.717) is 10.8 Å². The standard InChI is InChI=1S/C23H21N3O2S3/c27-31(28)16-30-23(26(31)19-14-8-3-9-15-19)20(17-10-4-1-5-11-17)24-22(29)25-21(23)18-12-6-2-7-13-18/h1-15,20-21H,16H2,(H2,24,25,29). The lowest BCUT2D eigenvalue weighted by Gasteiger charge is -2.52. The van der Waals surface area contributed by atoms with Gasteiger partial charge in [0.15, 0.2) is 9.98 Å². The van der Waals surface area contributed by atoms with Gasteiger partial charge < -0.3 is 10.6 Å². The van der Waals surface area contributed by atoms with E-state index in [1.165, 1.54) is 11.8 Å². The van der Waals surface area contributed by atoms with Gasteiger partial charge in [0.25, 0.3) is 0 Å². The first-order chi connectivity index (χ1) is 15.0. The van der Waals surface area contributed by atoms with E-state index in [1.54, 1.807) is 4.31 Å². The largest absolute Gasteiger partial charge is 0.352 e. The molecule has 2 aliphatic heterocycles. The van der Waals surface area contributed by atoms with Crippen molar-refractivity contribution in [3.8, 4) is 0 Å². The van der Waals surface area contributed by atoms with Crippen molar-refractivity contribution in [2.45, 2.75) is 17.0 Å². The van der Waals surface area contributed by atoms with Gasteiger partial charge in [0.05, 0.1) is 17.8 Å². The molecule has 0 bridgehead atoms. The van der Waals surface area contributed by atoms with Crippen molar-refractivity contribution in [1.82, 2.24) is 10.6 Å². The maximum absolute atomic E-state index is 13.5. The summed E-state index contributed by atoms with van der Waals surface area (Å²) in [5.41, 5.74) is 2.61. The van der Waals surface area contributed by atoms with Gasteiger partial charge in [-0.25, -0.2) is 12.7 Å². The van der Waals surface area contributed by atoms with Crippen LogP contribution in [0, 0.1) is 0 Å². The van der Waals surface area contributed by atoms with Crippen LogP contribution in [0.5, 0.6) is 0 Å². The van der Waals surface area contributed by atoms with Crippen LogP contribution in [0.15, 0.2) is 91.0 Å². The summed E-state index contributed by atoms with van der Waals surface area (Å²) in [6.07, 6.45) is 0. The summed E-state index contributed by atoms with van der Waals surface area (Å²) in [6.45, 7) is 0. The second-order valence-electron chi connectivity index (χ2n) is 7.53. The topological polar surface area (TPSA) is 61.4 Å². The second kappa shape index (κ2) is 7.85. The van der Waals surface area contributed by atoms with Crippen molar-refractivity contribution >= 4 is 44.8 Å². The summed E-state index contributed by atoms with van der Waals surface area (Å²) < 4.78 is 28.6. The highest BCUT2D eigenvalue weighted by Crippen LogP contribution is 2.57. The molecule has 3 aromatic rings. The average Bonchev–Trinajstić information content (AvgIpc) is 3.08. The fourth-order valence-electron chi connectivity index (χ4n) is 4.44. The number of thioether (sulfide) groups is 1. The van der Waals surface area contributed by atoms with E-state index in [1.807, 2.05) is 91.0 Å². The number of hydrogen-bond acceptors (Lipinski definition) is 4. The number of hydrogen-bond donors (Lipinski definition) is 2. The maximum Gasteiger partial charge on any atom is 0.246 e. The van der Waals surface area contributed by atoms with Crippen molar-refractivity contribution in [3.05, 3.63) is 102 Å². The molecule has 0 radical (unpaired) electrons. The van der Waals surface area contributed by atoms with Crippen molar-refractivity contribution in [1.29, 1.82) is 0 Å². The van der Waals surface area contributed by atoms with E-state index >= 15 is 0 Å². The molecular weight excluding hydrogens is 446 g/mol. The molecule has 8 heteroatoms. The zero-order valence-corrected chi connectivity index (χ0v) is 19.0. The number of nitrogens with zero attached hydrogens (tertiary/aromatic N) is 1. The third kappa shape index (κ3) is 3.39. The summed E-state index contributed by atoms with van der Waals surface area (Å²) in [5.74, 6) is 0. The van der Waals surface area contributed by atoms with Crippen molar-refractivity contribution < 1.29 is 8.42 Å². The van der Waals surface area contributed by atoms with Gasteiger partial charge in [-0.1, -0.05) is 78.9 Å².